The second-order valence-corrected chi connectivity index (χ2v) is 12.3. The second-order valence-electron chi connectivity index (χ2n) is 12.3. The van der Waals surface area contributed by atoms with E-state index in [2.05, 4.69) is 74.6 Å². The molecule has 1 atom stereocenters. The van der Waals surface area contributed by atoms with Crippen LogP contribution in [0.25, 0.3) is 0 Å². The molecular formula is C41H70O5. The molecule has 5 nitrogen and oxygen atoms in total. The number of aliphatic hydroxyl groups is 1. The number of aliphatic hydroxyl groups excluding tert-OH is 1. The maximum Gasteiger partial charge on any atom is 0.305 e. The average Bonchev–Trinajstić information content (AvgIpc) is 3.06. The van der Waals surface area contributed by atoms with Crippen molar-refractivity contribution in [3.63, 3.8) is 0 Å². The molecule has 0 saturated heterocycles. The summed E-state index contributed by atoms with van der Waals surface area (Å²) in [6, 6.07) is 0. The van der Waals surface area contributed by atoms with Gasteiger partial charge in [-0.05, 0) is 77.0 Å². The van der Waals surface area contributed by atoms with Gasteiger partial charge in [0.2, 0.25) is 0 Å². The number of carbonyl (C=O) groups excluding carboxylic acids is 2. The van der Waals surface area contributed by atoms with Crippen LogP contribution >= 0.6 is 0 Å². The Kier molecular flexibility index (Phi) is 35.1. The zero-order valence-electron chi connectivity index (χ0n) is 29.8. The maximum absolute atomic E-state index is 12.0. The Labute approximate surface area is 283 Å². The highest BCUT2D eigenvalue weighted by molar-refractivity contribution is 5.69. The Morgan fingerprint density at radius 2 is 0.826 bits per heavy atom. The van der Waals surface area contributed by atoms with Gasteiger partial charge in [0.1, 0.15) is 19.3 Å². The Bertz CT molecular complexity index is 823. The van der Waals surface area contributed by atoms with E-state index < -0.39 is 6.10 Å². The first kappa shape index (κ1) is 43.6. The van der Waals surface area contributed by atoms with Gasteiger partial charge in [0.05, 0.1) is 0 Å². The molecule has 0 aliphatic rings. The van der Waals surface area contributed by atoms with Crippen molar-refractivity contribution in [2.24, 2.45) is 0 Å². The molecule has 5 heteroatoms. The van der Waals surface area contributed by atoms with Gasteiger partial charge in [-0.15, -0.1) is 0 Å². The molecule has 0 aromatic rings. The third kappa shape index (κ3) is 36.1. The summed E-state index contributed by atoms with van der Waals surface area (Å²) in [5, 5.41) is 10.00. The van der Waals surface area contributed by atoms with E-state index in [9.17, 15) is 14.7 Å². The number of unbranched alkanes of at least 4 members (excludes halogenated alkanes) is 15. The van der Waals surface area contributed by atoms with Crippen LogP contribution in [-0.4, -0.2) is 36.4 Å². The summed E-state index contributed by atoms with van der Waals surface area (Å²) in [6.07, 6.45) is 46.9. The Balaban J connectivity index is 3.50. The first-order chi connectivity index (χ1) is 22.6. The number of carbonyl (C=O) groups is 2. The lowest BCUT2D eigenvalue weighted by atomic mass is 10.1. The van der Waals surface area contributed by atoms with Crippen molar-refractivity contribution in [1.82, 2.24) is 0 Å². The third-order valence-corrected chi connectivity index (χ3v) is 7.74. The van der Waals surface area contributed by atoms with E-state index in [4.69, 9.17) is 9.47 Å². The van der Waals surface area contributed by atoms with E-state index >= 15 is 0 Å². The number of hydrogen-bond donors (Lipinski definition) is 1. The van der Waals surface area contributed by atoms with Gasteiger partial charge in [-0.1, -0.05) is 139 Å². The minimum Gasteiger partial charge on any atom is -0.463 e. The minimum absolute atomic E-state index is 0.128. The third-order valence-electron chi connectivity index (χ3n) is 7.74. The molecular weight excluding hydrogens is 572 g/mol. The fourth-order valence-corrected chi connectivity index (χ4v) is 4.89. The molecule has 0 radical (unpaired) electrons. The Morgan fingerprint density at radius 1 is 0.478 bits per heavy atom. The van der Waals surface area contributed by atoms with E-state index in [0.717, 1.165) is 83.5 Å². The topological polar surface area (TPSA) is 72.8 Å². The highest BCUT2D eigenvalue weighted by atomic mass is 16.6. The molecule has 0 unspecified atom stereocenters. The van der Waals surface area contributed by atoms with Gasteiger partial charge in [-0.2, -0.15) is 0 Å². The van der Waals surface area contributed by atoms with E-state index in [-0.39, 0.29) is 25.2 Å². The van der Waals surface area contributed by atoms with Crippen molar-refractivity contribution in [2.45, 2.75) is 174 Å². The number of ether oxygens (including phenoxy) is 2. The van der Waals surface area contributed by atoms with Crippen LogP contribution in [0.15, 0.2) is 60.8 Å². The highest BCUT2D eigenvalue weighted by Crippen LogP contribution is 2.11. The van der Waals surface area contributed by atoms with Gasteiger partial charge in [0.25, 0.3) is 0 Å². The zero-order valence-corrected chi connectivity index (χ0v) is 29.8. The molecule has 0 aliphatic heterocycles. The van der Waals surface area contributed by atoms with E-state index in [0.29, 0.717) is 12.8 Å². The van der Waals surface area contributed by atoms with Crippen molar-refractivity contribution in [1.29, 1.82) is 0 Å². The summed E-state index contributed by atoms with van der Waals surface area (Å²) in [5.74, 6) is -0.598. The molecule has 0 spiro atoms. The van der Waals surface area contributed by atoms with Gasteiger partial charge >= 0.3 is 11.9 Å². The lowest BCUT2D eigenvalue weighted by Crippen LogP contribution is -2.25. The van der Waals surface area contributed by atoms with Crippen LogP contribution in [0.3, 0.4) is 0 Å². The summed E-state index contributed by atoms with van der Waals surface area (Å²) < 4.78 is 10.3. The molecule has 0 fully saturated rings. The summed E-state index contributed by atoms with van der Waals surface area (Å²) in [4.78, 5) is 23.9. The standard InChI is InChI=1S/C41H70O5/c1-3-5-7-9-11-13-15-17-19-20-22-24-26-28-30-32-34-36-41(44)46-38-39(42)37-45-40(43)35-33-31-29-27-25-23-21-18-16-14-12-10-8-6-4-2/h6,8,11-14,17-19,21,39,42H,3-5,7,9-10,15-16,20,22-38H2,1-2H3/b8-6-,13-11-,14-12-,19-17-,21-18-/t39-/m0/s1. The van der Waals surface area contributed by atoms with Crippen LogP contribution in [0.4, 0.5) is 0 Å². The molecule has 264 valence electrons. The smallest absolute Gasteiger partial charge is 0.305 e. The monoisotopic (exact) mass is 643 g/mol. The fraction of sp³-hybridized carbons (Fsp3) is 0.707. The van der Waals surface area contributed by atoms with Crippen LogP contribution in [0.2, 0.25) is 0 Å². The minimum atomic E-state index is -0.976. The van der Waals surface area contributed by atoms with Crippen molar-refractivity contribution >= 4 is 11.9 Å². The van der Waals surface area contributed by atoms with Crippen LogP contribution in [0.5, 0.6) is 0 Å². The van der Waals surface area contributed by atoms with E-state index in [1.807, 2.05) is 0 Å². The Morgan fingerprint density at radius 3 is 1.24 bits per heavy atom. The molecule has 1 N–H and O–H groups in total. The summed E-state index contributed by atoms with van der Waals surface area (Å²) in [5.41, 5.74) is 0. The predicted octanol–water partition coefficient (Wildman–Crippen LogP) is 11.6. The van der Waals surface area contributed by atoms with Gasteiger partial charge in [-0.3, -0.25) is 9.59 Å². The molecule has 0 saturated carbocycles. The average molecular weight is 643 g/mol. The van der Waals surface area contributed by atoms with Gasteiger partial charge < -0.3 is 14.6 Å². The summed E-state index contributed by atoms with van der Waals surface area (Å²) >= 11 is 0. The van der Waals surface area contributed by atoms with Gasteiger partial charge in [0, 0.05) is 12.8 Å². The van der Waals surface area contributed by atoms with E-state index in [1.165, 1.54) is 57.8 Å². The molecule has 0 bridgehead atoms. The molecule has 0 heterocycles. The quantitative estimate of drug-likeness (QED) is 0.0438. The lowest BCUT2D eigenvalue weighted by Gasteiger charge is -2.12. The van der Waals surface area contributed by atoms with Crippen molar-refractivity contribution in [2.75, 3.05) is 13.2 Å². The highest BCUT2D eigenvalue weighted by Gasteiger charge is 2.12. The van der Waals surface area contributed by atoms with Crippen LogP contribution in [-0.2, 0) is 19.1 Å². The summed E-state index contributed by atoms with van der Waals surface area (Å²) in [7, 11) is 0. The van der Waals surface area contributed by atoms with Crippen LogP contribution in [0.1, 0.15) is 168 Å². The second kappa shape index (κ2) is 37.1. The SMILES string of the molecule is CC/C=C\C/C=C\C/C=C\CCCCCCCC(=O)OC[C@H](O)COC(=O)CCCCCCCCC/C=C\C/C=C\CCCCC. The largest absolute Gasteiger partial charge is 0.463 e. The summed E-state index contributed by atoms with van der Waals surface area (Å²) in [6.45, 7) is 4.13. The predicted molar refractivity (Wildman–Crippen MR) is 196 cm³/mol. The fourth-order valence-electron chi connectivity index (χ4n) is 4.89. The van der Waals surface area contributed by atoms with Crippen molar-refractivity contribution < 1.29 is 24.2 Å². The van der Waals surface area contributed by atoms with Crippen molar-refractivity contribution in [3.8, 4) is 0 Å². The molecule has 46 heavy (non-hydrogen) atoms. The molecule has 0 aromatic heterocycles. The van der Waals surface area contributed by atoms with Gasteiger partial charge in [0.15, 0.2) is 0 Å². The number of allylic oxidation sites excluding steroid dienone is 10. The van der Waals surface area contributed by atoms with Crippen LogP contribution in [0, 0.1) is 0 Å². The van der Waals surface area contributed by atoms with E-state index in [1.54, 1.807) is 0 Å². The van der Waals surface area contributed by atoms with Crippen molar-refractivity contribution in [3.05, 3.63) is 60.8 Å². The first-order valence-electron chi connectivity index (χ1n) is 18.8. The number of hydrogen-bond acceptors (Lipinski definition) is 5. The first-order valence-corrected chi connectivity index (χ1v) is 18.8. The van der Waals surface area contributed by atoms with Gasteiger partial charge in [-0.25, -0.2) is 0 Å². The zero-order chi connectivity index (χ0) is 33.6. The lowest BCUT2D eigenvalue weighted by molar-refractivity contribution is -0.152. The maximum atomic E-state index is 12.0. The number of esters is 2. The molecule has 0 amide bonds. The molecule has 0 rings (SSSR count). The Hall–Kier alpha value is -2.40. The number of rotatable bonds is 33. The molecule has 0 aromatic carbocycles. The van der Waals surface area contributed by atoms with Crippen LogP contribution < -0.4 is 0 Å². The normalized spacial score (nSPS) is 12.8. The molecule has 0 aliphatic carbocycles.